The average Bonchev–Trinajstić information content (AvgIpc) is 3.15. The maximum atomic E-state index is 11.4. The minimum Gasteiger partial charge on any atom is -0.342 e. The average molecular weight is 339 g/mol. The highest BCUT2D eigenvalue weighted by Crippen LogP contribution is 2.33. The number of hydrogen-bond acceptors (Lipinski definition) is 6. The lowest BCUT2D eigenvalue weighted by atomic mass is 10.2. The fourth-order valence-electron chi connectivity index (χ4n) is 3.34. The molecule has 1 aliphatic rings. The Hall–Kier alpha value is -3.23. The molecule has 3 aromatic rings. The zero-order chi connectivity index (χ0) is 17.6. The predicted octanol–water partition coefficient (Wildman–Crippen LogP) is 1.92. The Kier molecular flexibility index (Phi) is 3.48. The minimum atomic E-state index is -0.369. The highest BCUT2D eigenvalue weighted by Gasteiger charge is 2.31. The lowest BCUT2D eigenvalue weighted by Crippen LogP contribution is -2.35. The topological polar surface area (TPSA) is 94.9 Å². The molecule has 0 saturated carbocycles. The molecule has 9 heteroatoms. The van der Waals surface area contributed by atoms with Gasteiger partial charge in [0.2, 0.25) is 5.82 Å². The van der Waals surface area contributed by atoms with Crippen molar-refractivity contribution in [3.05, 3.63) is 52.0 Å². The number of benzene rings is 1. The van der Waals surface area contributed by atoms with Crippen molar-refractivity contribution in [1.82, 2.24) is 24.5 Å². The molecule has 0 radical (unpaired) electrons. The van der Waals surface area contributed by atoms with Crippen LogP contribution in [0.1, 0.15) is 11.5 Å². The first-order chi connectivity index (χ1) is 12.1. The van der Waals surface area contributed by atoms with Crippen LogP contribution >= 0.6 is 0 Å². The molecule has 0 N–H and O–H groups in total. The van der Waals surface area contributed by atoms with Gasteiger partial charge in [0.25, 0.3) is 0 Å². The molecule has 0 aliphatic carbocycles. The van der Waals surface area contributed by atoms with Crippen LogP contribution in [0.5, 0.6) is 0 Å². The Bertz CT molecular complexity index is 945. The summed E-state index contributed by atoms with van der Waals surface area (Å²) in [6.45, 7) is 3.40. The van der Waals surface area contributed by atoms with Gasteiger partial charge >= 0.3 is 5.69 Å². The fraction of sp³-hybridized carbons (Fsp3) is 0.312. The zero-order valence-electron chi connectivity index (χ0n) is 14.0. The van der Waals surface area contributed by atoms with E-state index in [4.69, 9.17) is 0 Å². The quantitative estimate of drug-likeness (QED) is 0.534. The van der Waals surface area contributed by atoms with Crippen LogP contribution in [0.4, 0.5) is 11.5 Å². The van der Waals surface area contributed by atoms with Gasteiger partial charge in [0, 0.05) is 25.7 Å². The minimum absolute atomic E-state index is 0.0544. The van der Waals surface area contributed by atoms with Gasteiger partial charge in [0.15, 0.2) is 11.6 Å². The van der Waals surface area contributed by atoms with E-state index in [0.717, 1.165) is 17.2 Å². The molecular weight excluding hydrogens is 322 g/mol. The monoisotopic (exact) mass is 339 g/mol. The van der Waals surface area contributed by atoms with E-state index >= 15 is 0 Å². The summed E-state index contributed by atoms with van der Waals surface area (Å²) in [6.07, 6.45) is 0. The molecule has 25 heavy (non-hydrogen) atoms. The maximum absolute atomic E-state index is 11.4. The van der Waals surface area contributed by atoms with Gasteiger partial charge in [-0.1, -0.05) is 30.3 Å². The van der Waals surface area contributed by atoms with Crippen LogP contribution in [-0.2, 0) is 20.1 Å². The van der Waals surface area contributed by atoms with E-state index in [-0.39, 0.29) is 10.6 Å². The number of aromatic nitrogens is 5. The van der Waals surface area contributed by atoms with Crippen LogP contribution in [-0.4, -0.2) is 36.0 Å². The molecule has 2 aromatic heterocycles. The van der Waals surface area contributed by atoms with Crippen LogP contribution < -0.4 is 4.90 Å². The third-order valence-corrected chi connectivity index (χ3v) is 4.43. The number of nitrogens with zero attached hydrogens (tertiary/aromatic N) is 7. The molecule has 3 heterocycles. The summed E-state index contributed by atoms with van der Waals surface area (Å²) < 4.78 is 3.64. The van der Waals surface area contributed by atoms with Crippen LogP contribution in [0.3, 0.4) is 0 Å². The number of hydrogen-bond donors (Lipinski definition) is 0. The van der Waals surface area contributed by atoms with E-state index in [2.05, 4.69) is 19.9 Å². The van der Waals surface area contributed by atoms with Crippen LogP contribution in [0.25, 0.3) is 11.4 Å². The Morgan fingerprint density at radius 3 is 2.64 bits per heavy atom. The molecule has 0 unspecified atom stereocenters. The first-order valence-electron chi connectivity index (χ1n) is 7.96. The van der Waals surface area contributed by atoms with Gasteiger partial charge in [-0.2, -0.15) is 5.10 Å². The van der Waals surface area contributed by atoms with E-state index in [1.807, 2.05) is 35.2 Å². The zero-order valence-corrected chi connectivity index (χ0v) is 14.0. The van der Waals surface area contributed by atoms with Gasteiger partial charge in [0.1, 0.15) is 5.69 Å². The van der Waals surface area contributed by atoms with Gasteiger partial charge < -0.3 is 9.47 Å². The normalized spacial score (nSPS) is 13.8. The Labute approximate surface area is 143 Å². The Morgan fingerprint density at radius 2 is 1.92 bits per heavy atom. The summed E-state index contributed by atoms with van der Waals surface area (Å²) in [6, 6.07) is 9.89. The van der Waals surface area contributed by atoms with Gasteiger partial charge in [-0.3, -0.25) is 10.1 Å². The summed E-state index contributed by atoms with van der Waals surface area (Å²) >= 11 is 0. The van der Waals surface area contributed by atoms with Crippen molar-refractivity contribution in [1.29, 1.82) is 0 Å². The number of anilines is 1. The lowest BCUT2D eigenvalue weighted by Gasteiger charge is -2.28. The van der Waals surface area contributed by atoms with Crippen LogP contribution in [0, 0.1) is 17.0 Å². The standard InChI is InChI=1S/C16H17N7O2/c1-11-14(23(24)25)16(20(2)19-11)21-8-9-22-13(10-21)17-18-15(22)12-6-4-3-5-7-12/h3-7H,8-10H2,1-2H3. The molecule has 128 valence electrons. The molecule has 0 fully saturated rings. The second-order valence-corrected chi connectivity index (χ2v) is 6.02. The van der Waals surface area contributed by atoms with Gasteiger partial charge in [-0.25, -0.2) is 4.68 Å². The molecular formula is C16H17N7O2. The van der Waals surface area contributed by atoms with E-state index < -0.39 is 0 Å². The molecule has 0 amide bonds. The van der Waals surface area contributed by atoms with E-state index in [1.54, 1.807) is 18.7 Å². The number of fused-ring (bicyclic) bond motifs is 1. The van der Waals surface area contributed by atoms with Gasteiger partial charge in [-0.05, 0) is 6.92 Å². The molecule has 0 atom stereocenters. The number of rotatable bonds is 3. The van der Waals surface area contributed by atoms with Crippen LogP contribution in [0.2, 0.25) is 0 Å². The van der Waals surface area contributed by atoms with E-state index in [0.29, 0.717) is 31.1 Å². The van der Waals surface area contributed by atoms with E-state index in [1.165, 1.54) is 0 Å². The van der Waals surface area contributed by atoms with Crippen LogP contribution in [0.15, 0.2) is 30.3 Å². The Balaban J connectivity index is 1.70. The Morgan fingerprint density at radius 1 is 1.16 bits per heavy atom. The molecule has 1 aromatic carbocycles. The maximum Gasteiger partial charge on any atom is 0.333 e. The second-order valence-electron chi connectivity index (χ2n) is 6.02. The molecule has 9 nitrogen and oxygen atoms in total. The molecule has 4 rings (SSSR count). The number of aryl methyl sites for hydroxylation is 2. The largest absolute Gasteiger partial charge is 0.342 e. The fourth-order valence-corrected chi connectivity index (χ4v) is 3.34. The SMILES string of the molecule is Cc1nn(C)c(N2CCn3c(nnc3-c3ccccc3)C2)c1[N+](=O)[O-]. The molecule has 0 saturated heterocycles. The van der Waals surface area contributed by atoms with Crippen molar-refractivity contribution in [3.8, 4) is 11.4 Å². The second kappa shape index (κ2) is 5.69. The molecule has 0 spiro atoms. The lowest BCUT2D eigenvalue weighted by molar-refractivity contribution is -0.384. The molecule has 1 aliphatic heterocycles. The van der Waals surface area contributed by atoms with Crippen molar-refractivity contribution >= 4 is 11.5 Å². The highest BCUT2D eigenvalue weighted by molar-refractivity contribution is 5.62. The van der Waals surface area contributed by atoms with Crippen molar-refractivity contribution in [2.24, 2.45) is 7.05 Å². The first kappa shape index (κ1) is 15.3. The summed E-state index contributed by atoms with van der Waals surface area (Å²) in [4.78, 5) is 13.0. The van der Waals surface area contributed by atoms with Gasteiger partial charge in [0.05, 0.1) is 11.5 Å². The van der Waals surface area contributed by atoms with Crippen molar-refractivity contribution in [3.63, 3.8) is 0 Å². The first-order valence-corrected chi connectivity index (χ1v) is 7.96. The summed E-state index contributed by atoms with van der Waals surface area (Å²) in [5.41, 5.74) is 1.48. The van der Waals surface area contributed by atoms with Crippen molar-refractivity contribution in [2.45, 2.75) is 20.0 Å². The van der Waals surface area contributed by atoms with Crippen molar-refractivity contribution in [2.75, 3.05) is 11.4 Å². The highest BCUT2D eigenvalue weighted by atomic mass is 16.6. The van der Waals surface area contributed by atoms with Crippen molar-refractivity contribution < 1.29 is 4.92 Å². The van der Waals surface area contributed by atoms with E-state index in [9.17, 15) is 10.1 Å². The summed E-state index contributed by atoms with van der Waals surface area (Å²) in [5.74, 6) is 2.13. The summed E-state index contributed by atoms with van der Waals surface area (Å²) in [7, 11) is 1.73. The smallest absolute Gasteiger partial charge is 0.333 e. The number of nitro groups is 1. The predicted molar refractivity (Wildman–Crippen MR) is 91.1 cm³/mol. The molecule has 0 bridgehead atoms. The summed E-state index contributed by atoms with van der Waals surface area (Å²) in [5, 5.41) is 24.2. The van der Waals surface area contributed by atoms with Gasteiger partial charge in [-0.15, -0.1) is 10.2 Å². The third kappa shape index (κ3) is 2.44. The third-order valence-electron chi connectivity index (χ3n) is 4.43.